The quantitative estimate of drug-likeness (QED) is 0.314. The molecule has 0 amide bonds. The van der Waals surface area contributed by atoms with E-state index in [1.54, 1.807) is 0 Å². The second-order valence-electron chi connectivity index (χ2n) is 8.65. The van der Waals surface area contributed by atoms with Gasteiger partial charge in [-0.3, -0.25) is 0 Å². The number of nitrogens with zero attached hydrogens (tertiary/aromatic N) is 1. The van der Waals surface area contributed by atoms with Gasteiger partial charge < -0.3 is 4.74 Å². The van der Waals surface area contributed by atoms with Gasteiger partial charge in [0.15, 0.2) is 5.82 Å². The summed E-state index contributed by atoms with van der Waals surface area (Å²) < 4.78 is 24.0. The SMILES string of the molecule is Cc1cc2cc(CC(C)C)cc3c2c(c1C)-c1c(c(F)c2ccccc2[n+]1C)O3. The second-order valence-corrected chi connectivity index (χ2v) is 8.65. The molecule has 29 heavy (non-hydrogen) atoms. The molecule has 5 rings (SSSR count). The van der Waals surface area contributed by atoms with Gasteiger partial charge in [0.25, 0.3) is 5.69 Å². The number of halogens is 1. The van der Waals surface area contributed by atoms with Crippen molar-refractivity contribution in [3.05, 3.63) is 65.0 Å². The minimum atomic E-state index is -0.289. The summed E-state index contributed by atoms with van der Waals surface area (Å²) in [7, 11) is 2.00. The van der Waals surface area contributed by atoms with Crippen LogP contribution < -0.4 is 9.30 Å². The number of para-hydroxylation sites is 1. The van der Waals surface area contributed by atoms with Crippen molar-refractivity contribution in [2.75, 3.05) is 0 Å². The van der Waals surface area contributed by atoms with E-state index < -0.39 is 0 Å². The number of ether oxygens (including phenoxy) is 1. The number of hydrogen-bond acceptors (Lipinski definition) is 1. The first-order valence-electron chi connectivity index (χ1n) is 10.2. The Kier molecular flexibility index (Phi) is 3.92. The van der Waals surface area contributed by atoms with E-state index in [0.29, 0.717) is 17.1 Å². The average Bonchev–Trinajstić information content (AvgIpc) is 2.68. The molecule has 2 nitrogen and oxygen atoms in total. The van der Waals surface area contributed by atoms with Crippen LogP contribution in [0.3, 0.4) is 0 Å². The monoisotopic (exact) mass is 386 g/mol. The van der Waals surface area contributed by atoms with Gasteiger partial charge in [-0.05, 0) is 60.4 Å². The molecule has 4 aromatic rings. The summed E-state index contributed by atoms with van der Waals surface area (Å²) in [4.78, 5) is 0. The van der Waals surface area contributed by atoms with Gasteiger partial charge in [0.2, 0.25) is 11.3 Å². The lowest BCUT2D eigenvalue weighted by molar-refractivity contribution is -0.634. The predicted octanol–water partition coefficient (Wildman–Crippen LogP) is 6.54. The number of rotatable bonds is 2. The van der Waals surface area contributed by atoms with Crippen molar-refractivity contribution >= 4 is 21.7 Å². The number of aromatic nitrogens is 1. The summed E-state index contributed by atoms with van der Waals surface area (Å²) >= 11 is 0. The first kappa shape index (κ1) is 18.1. The number of benzene rings is 3. The van der Waals surface area contributed by atoms with E-state index >= 15 is 4.39 Å². The molecule has 0 radical (unpaired) electrons. The zero-order valence-corrected chi connectivity index (χ0v) is 17.6. The number of aryl methyl sites for hydroxylation is 2. The topological polar surface area (TPSA) is 13.1 Å². The number of pyridine rings is 1. The lowest BCUT2D eigenvalue weighted by Crippen LogP contribution is -2.34. The molecule has 0 fully saturated rings. The van der Waals surface area contributed by atoms with Crippen molar-refractivity contribution in [2.45, 2.75) is 34.1 Å². The first-order valence-corrected chi connectivity index (χ1v) is 10.2. The Bertz CT molecular complexity index is 1320. The second kappa shape index (κ2) is 6.28. The standard InChI is InChI=1S/C26H25FNO/c1-14(2)10-17-12-18-11-15(3)16(4)22-23(18)21(13-17)29-26-24(27)19-8-6-7-9-20(19)28(5)25(22)26/h6-9,11-14H,10H2,1-5H3/q+1. The largest absolute Gasteiger partial charge is 0.447 e. The summed E-state index contributed by atoms with van der Waals surface area (Å²) in [5.74, 6) is 1.34. The van der Waals surface area contributed by atoms with E-state index in [4.69, 9.17) is 4.74 Å². The highest BCUT2D eigenvalue weighted by molar-refractivity contribution is 6.05. The Balaban J connectivity index is 1.95. The Morgan fingerprint density at radius 1 is 1.07 bits per heavy atom. The summed E-state index contributed by atoms with van der Waals surface area (Å²) in [6.45, 7) is 8.68. The van der Waals surface area contributed by atoms with E-state index in [-0.39, 0.29) is 5.82 Å². The molecule has 0 bridgehead atoms. The third kappa shape index (κ3) is 2.57. The van der Waals surface area contributed by atoms with Gasteiger partial charge in [0, 0.05) is 11.5 Å². The van der Waals surface area contributed by atoms with Gasteiger partial charge in [-0.25, -0.2) is 4.39 Å². The highest BCUT2D eigenvalue weighted by Gasteiger charge is 2.35. The maximum atomic E-state index is 15.6. The van der Waals surface area contributed by atoms with Crippen molar-refractivity contribution in [3.8, 4) is 22.8 Å². The van der Waals surface area contributed by atoms with Crippen molar-refractivity contribution in [3.63, 3.8) is 0 Å². The lowest BCUT2D eigenvalue weighted by Gasteiger charge is -2.24. The molecule has 0 unspecified atom stereocenters. The molecule has 3 aromatic carbocycles. The molecular formula is C26H25FNO+. The molecule has 146 valence electrons. The minimum absolute atomic E-state index is 0.289. The van der Waals surface area contributed by atoms with Crippen LogP contribution in [0.25, 0.3) is 32.9 Å². The maximum Gasteiger partial charge on any atom is 0.260 e. The smallest absolute Gasteiger partial charge is 0.260 e. The fourth-order valence-corrected chi connectivity index (χ4v) is 4.70. The van der Waals surface area contributed by atoms with Gasteiger partial charge in [0.1, 0.15) is 12.8 Å². The third-order valence-corrected chi connectivity index (χ3v) is 6.13. The molecule has 0 spiro atoms. The van der Waals surface area contributed by atoms with E-state index in [2.05, 4.69) is 50.5 Å². The molecule has 0 atom stereocenters. The van der Waals surface area contributed by atoms with Crippen LogP contribution in [0.1, 0.15) is 30.5 Å². The third-order valence-electron chi connectivity index (χ3n) is 6.13. The summed E-state index contributed by atoms with van der Waals surface area (Å²) in [5.41, 5.74) is 6.37. The molecule has 0 saturated heterocycles. The first-order chi connectivity index (χ1) is 13.9. The van der Waals surface area contributed by atoms with Crippen LogP contribution in [-0.4, -0.2) is 0 Å². The Morgan fingerprint density at radius 3 is 2.59 bits per heavy atom. The number of hydrogen-bond donors (Lipinski definition) is 0. The fraction of sp³-hybridized carbons (Fsp3) is 0.269. The summed E-state index contributed by atoms with van der Waals surface area (Å²) in [6, 6.07) is 14.2. The van der Waals surface area contributed by atoms with Crippen LogP contribution in [0.15, 0.2) is 42.5 Å². The van der Waals surface area contributed by atoms with E-state index in [1.165, 1.54) is 16.7 Å². The predicted molar refractivity (Wildman–Crippen MR) is 116 cm³/mol. The normalized spacial score (nSPS) is 12.5. The van der Waals surface area contributed by atoms with Crippen LogP contribution >= 0.6 is 0 Å². The summed E-state index contributed by atoms with van der Waals surface area (Å²) in [5, 5.41) is 2.82. The number of fused-ring (bicyclic) bond motifs is 3. The Labute approximate surface area is 170 Å². The van der Waals surface area contributed by atoms with Gasteiger partial charge in [-0.15, -0.1) is 0 Å². The Morgan fingerprint density at radius 2 is 1.83 bits per heavy atom. The molecule has 2 heterocycles. The van der Waals surface area contributed by atoms with E-state index in [1.807, 2.05) is 31.3 Å². The van der Waals surface area contributed by atoms with Crippen molar-refractivity contribution in [2.24, 2.45) is 13.0 Å². The molecule has 0 aliphatic carbocycles. The zero-order chi connectivity index (χ0) is 20.4. The molecule has 1 aliphatic rings. The van der Waals surface area contributed by atoms with Crippen LogP contribution in [0.4, 0.5) is 4.39 Å². The van der Waals surface area contributed by atoms with Crippen LogP contribution in [0.2, 0.25) is 0 Å². The van der Waals surface area contributed by atoms with Crippen molar-refractivity contribution < 1.29 is 13.7 Å². The minimum Gasteiger partial charge on any atom is -0.447 e. The van der Waals surface area contributed by atoms with Gasteiger partial charge in [0.05, 0.1) is 10.9 Å². The molecular weight excluding hydrogens is 361 g/mol. The van der Waals surface area contributed by atoms with Crippen LogP contribution in [-0.2, 0) is 13.5 Å². The highest BCUT2D eigenvalue weighted by Crippen LogP contribution is 2.49. The van der Waals surface area contributed by atoms with Crippen LogP contribution in [0, 0.1) is 25.6 Å². The maximum absolute atomic E-state index is 15.6. The molecule has 1 aliphatic heterocycles. The average molecular weight is 386 g/mol. The fourth-order valence-electron chi connectivity index (χ4n) is 4.70. The molecule has 3 heteroatoms. The molecule has 1 aromatic heterocycles. The Hall–Kier alpha value is -2.94. The van der Waals surface area contributed by atoms with Gasteiger partial charge in [-0.1, -0.05) is 38.1 Å². The zero-order valence-electron chi connectivity index (χ0n) is 17.6. The van der Waals surface area contributed by atoms with E-state index in [9.17, 15) is 0 Å². The van der Waals surface area contributed by atoms with Gasteiger partial charge in [-0.2, -0.15) is 4.57 Å². The van der Waals surface area contributed by atoms with E-state index in [0.717, 1.165) is 39.7 Å². The van der Waals surface area contributed by atoms with Crippen molar-refractivity contribution in [1.82, 2.24) is 0 Å². The molecule has 0 N–H and O–H groups in total. The van der Waals surface area contributed by atoms with Gasteiger partial charge >= 0.3 is 0 Å². The van der Waals surface area contributed by atoms with Crippen molar-refractivity contribution in [1.29, 1.82) is 0 Å². The highest BCUT2D eigenvalue weighted by atomic mass is 19.1. The summed E-state index contributed by atoms with van der Waals surface area (Å²) in [6.07, 6.45) is 0.968. The lowest BCUT2D eigenvalue weighted by atomic mass is 9.88. The van der Waals surface area contributed by atoms with Crippen LogP contribution in [0.5, 0.6) is 11.5 Å². The molecule has 0 saturated carbocycles.